The van der Waals surface area contributed by atoms with E-state index in [1.54, 1.807) is 0 Å². The first kappa shape index (κ1) is 19.7. The lowest BCUT2D eigenvalue weighted by Crippen LogP contribution is -2.61. The van der Waals surface area contributed by atoms with Gasteiger partial charge in [-0.1, -0.05) is 0 Å². The number of rotatable bonds is 4. The Bertz CT molecular complexity index is 398. The molecule has 1 atom stereocenters. The fourth-order valence-corrected chi connectivity index (χ4v) is 0.752. The average Bonchev–Trinajstić information content (AvgIpc) is 2.23. The lowest BCUT2D eigenvalue weighted by atomic mass is 10.2. The van der Waals surface area contributed by atoms with E-state index in [9.17, 15) is 53.1 Å². The van der Waals surface area contributed by atoms with Crippen molar-refractivity contribution in [2.45, 2.75) is 30.2 Å². The minimum absolute atomic E-state index is 0.0197. The number of ether oxygens (including phenoxy) is 2. The Labute approximate surface area is 107 Å². The van der Waals surface area contributed by atoms with Crippen LogP contribution in [0.15, 0.2) is 0 Å². The van der Waals surface area contributed by atoms with Crippen molar-refractivity contribution < 1.29 is 62.6 Å². The highest BCUT2D eigenvalue weighted by Gasteiger charge is 2.80. The van der Waals surface area contributed by atoms with Gasteiger partial charge in [0.15, 0.2) is 0 Å². The van der Waals surface area contributed by atoms with Gasteiger partial charge in [-0.3, -0.25) is 4.74 Å². The smallest absolute Gasteiger partial charge is 0.462 e. The average molecular weight is 344 g/mol. The van der Waals surface area contributed by atoms with Gasteiger partial charge in [-0.05, 0) is 0 Å². The van der Waals surface area contributed by atoms with E-state index in [4.69, 9.17) is 0 Å². The van der Waals surface area contributed by atoms with Crippen LogP contribution < -0.4 is 0 Å². The molecule has 0 saturated heterocycles. The second-order valence-corrected chi connectivity index (χ2v) is 3.28. The largest absolute Gasteiger partial charge is 0.465 e. The third-order valence-corrected chi connectivity index (χ3v) is 1.80. The highest BCUT2D eigenvalue weighted by atomic mass is 19.4. The summed E-state index contributed by atoms with van der Waals surface area (Å²) in [6.45, 7) is 0. The maximum atomic E-state index is 13.1. The fraction of sp³-hybridized carbons (Fsp3) is 0.857. The van der Waals surface area contributed by atoms with Crippen LogP contribution in [0.4, 0.5) is 48.3 Å². The van der Waals surface area contributed by atoms with E-state index in [0.29, 0.717) is 0 Å². The molecule has 0 aromatic rings. The Balaban J connectivity index is 5.82. The van der Waals surface area contributed by atoms with E-state index in [1.807, 2.05) is 4.74 Å². The molecule has 0 heterocycles. The zero-order chi connectivity index (χ0) is 17.5. The maximum Gasteiger partial charge on any atom is 0.462 e. The summed E-state index contributed by atoms with van der Waals surface area (Å²) in [5.41, 5.74) is 0. The first-order valence-electron chi connectivity index (χ1n) is 4.30. The van der Waals surface area contributed by atoms with E-state index in [2.05, 4.69) is 4.74 Å². The second-order valence-electron chi connectivity index (χ2n) is 3.28. The molecular formula is C7H3F11O3. The Kier molecular flexibility index (Phi) is 4.81. The summed E-state index contributed by atoms with van der Waals surface area (Å²) >= 11 is 0. The van der Waals surface area contributed by atoms with Gasteiger partial charge in [-0.25, -0.2) is 4.79 Å². The van der Waals surface area contributed by atoms with Crippen LogP contribution in [0.1, 0.15) is 0 Å². The number of carbonyl (C=O) groups excluding carboxylic acids is 1. The zero-order valence-corrected chi connectivity index (χ0v) is 9.38. The van der Waals surface area contributed by atoms with E-state index in [1.165, 1.54) is 0 Å². The van der Waals surface area contributed by atoms with Gasteiger partial charge in [0, 0.05) is 0 Å². The van der Waals surface area contributed by atoms with Crippen LogP contribution in [-0.4, -0.2) is 43.3 Å². The fourth-order valence-electron chi connectivity index (χ4n) is 0.752. The molecule has 0 N–H and O–H groups in total. The zero-order valence-electron chi connectivity index (χ0n) is 9.38. The molecule has 0 rings (SSSR count). The minimum Gasteiger partial charge on any atom is -0.465 e. The highest BCUT2D eigenvalue weighted by Crippen LogP contribution is 2.51. The van der Waals surface area contributed by atoms with Crippen molar-refractivity contribution in [1.82, 2.24) is 0 Å². The van der Waals surface area contributed by atoms with E-state index < -0.39 is 36.2 Å². The molecule has 3 nitrogen and oxygen atoms in total. The van der Waals surface area contributed by atoms with E-state index in [-0.39, 0.29) is 7.11 Å². The monoisotopic (exact) mass is 344 g/mol. The lowest BCUT2D eigenvalue weighted by Gasteiger charge is -2.33. The third-order valence-electron chi connectivity index (χ3n) is 1.80. The van der Waals surface area contributed by atoms with Crippen molar-refractivity contribution in [3.8, 4) is 0 Å². The third kappa shape index (κ3) is 3.29. The van der Waals surface area contributed by atoms with E-state index in [0.717, 1.165) is 0 Å². The van der Waals surface area contributed by atoms with Crippen molar-refractivity contribution in [1.29, 1.82) is 0 Å². The summed E-state index contributed by atoms with van der Waals surface area (Å²) in [6, 6.07) is 0. The van der Waals surface area contributed by atoms with Crippen molar-refractivity contribution >= 4 is 5.97 Å². The number of hydrogen-bond donors (Lipinski definition) is 0. The first-order chi connectivity index (χ1) is 8.94. The molecule has 0 aromatic carbocycles. The van der Waals surface area contributed by atoms with Crippen molar-refractivity contribution in [2.24, 2.45) is 0 Å². The predicted octanol–water partition coefficient (Wildman–Crippen LogP) is 3.19. The molecule has 21 heavy (non-hydrogen) atoms. The molecule has 0 aromatic heterocycles. The van der Waals surface area contributed by atoms with Crippen LogP contribution in [-0.2, 0) is 14.3 Å². The number of hydrogen-bond acceptors (Lipinski definition) is 3. The number of carbonyl (C=O) groups is 1. The van der Waals surface area contributed by atoms with Gasteiger partial charge in [0.1, 0.15) is 0 Å². The van der Waals surface area contributed by atoms with Gasteiger partial charge < -0.3 is 4.74 Å². The van der Waals surface area contributed by atoms with Gasteiger partial charge in [0.05, 0.1) is 7.11 Å². The Morgan fingerprint density at radius 2 is 1.14 bits per heavy atom. The molecule has 0 spiro atoms. The molecule has 0 fully saturated rings. The Morgan fingerprint density at radius 1 is 0.762 bits per heavy atom. The number of esters is 1. The van der Waals surface area contributed by atoms with Crippen LogP contribution in [0.3, 0.4) is 0 Å². The summed E-state index contributed by atoms with van der Waals surface area (Å²) in [4.78, 5) is 10.4. The maximum absolute atomic E-state index is 13.1. The molecule has 0 aliphatic heterocycles. The molecule has 0 aliphatic rings. The van der Waals surface area contributed by atoms with Gasteiger partial charge in [0.25, 0.3) is 0 Å². The quantitative estimate of drug-likeness (QED) is 0.581. The highest BCUT2D eigenvalue weighted by molar-refractivity contribution is 5.78. The van der Waals surface area contributed by atoms with Crippen LogP contribution in [0.5, 0.6) is 0 Å². The van der Waals surface area contributed by atoms with Crippen LogP contribution in [0.25, 0.3) is 0 Å². The second kappa shape index (κ2) is 5.14. The normalized spacial score (nSPS) is 17.3. The summed E-state index contributed by atoms with van der Waals surface area (Å²) in [5, 5.41) is 0. The molecule has 1 unspecified atom stereocenters. The Morgan fingerprint density at radius 3 is 1.38 bits per heavy atom. The topological polar surface area (TPSA) is 35.5 Å². The van der Waals surface area contributed by atoms with E-state index >= 15 is 0 Å². The van der Waals surface area contributed by atoms with Crippen LogP contribution in [0, 0.1) is 0 Å². The summed E-state index contributed by atoms with van der Waals surface area (Å²) in [7, 11) is 0.0197. The first-order valence-corrected chi connectivity index (χ1v) is 4.30. The summed E-state index contributed by atoms with van der Waals surface area (Å²) in [5.74, 6) is -16.7. The van der Waals surface area contributed by atoms with Crippen LogP contribution in [0.2, 0.25) is 0 Å². The molecule has 0 amide bonds. The predicted molar refractivity (Wildman–Crippen MR) is 38.9 cm³/mol. The molecule has 14 heteroatoms. The standard InChI is InChI=1S/C7H3F11O3/c1-20-2(19)3(8,5(11,12)13)21-7(17,18)4(9,10)6(14,15)16/h1H3. The van der Waals surface area contributed by atoms with Crippen molar-refractivity contribution in [3.05, 3.63) is 0 Å². The number of alkyl halides is 11. The van der Waals surface area contributed by atoms with Gasteiger partial charge in [0.2, 0.25) is 0 Å². The van der Waals surface area contributed by atoms with Gasteiger partial charge in [-0.15, -0.1) is 0 Å². The SMILES string of the molecule is COC(=O)C(F)(OC(F)(F)C(F)(F)C(F)(F)F)C(F)(F)F. The molecule has 126 valence electrons. The summed E-state index contributed by atoms with van der Waals surface area (Å²) in [6.07, 6.45) is -20.9. The van der Waals surface area contributed by atoms with Gasteiger partial charge in [-0.2, -0.15) is 48.3 Å². The molecule has 0 saturated carbocycles. The number of halogens is 11. The van der Waals surface area contributed by atoms with Crippen molar-refractivity contribution in [2.75, 3.05) is 7.11 Å². The molecule has 0 radical (unpaired) electrons. The van der Waals surface area contributed by atoms with Crippen LogP contribution >= 0.6 is 0 Å². The minimum atomic E-state index is -7.21. The van der Waals surface area contributed by atoms with Crippen molar-refractivity contribution in [3.63, 3.8) is 0 Å². The lowest BCUT2D eigenvalue weighted by molar-refractivity contribution is -0.474. The molecule has 0 bridgehead atoms. The molecular weight excluding hydrogens is 341 g/mol. The molecule has 0 aliphatic carbocycles. The summed E-state index contributed by atoms with van der Waals surface area (Å²) < 4.78 is 139. The number of methoxy groups -OCH3 is 1. The Hall–Kier alpha value is -1.34. The van der Waals surface area contributed by atoms with Gasteiger partial charge >= 0.3 is 36.2 Å².